The van der Waals surface area contributed by atoms with Crippen LogP contribution in [-0.4, -0.2) is 6.61 Å². The summed E-state index contributed by atoms with van der Waals surface area (Å²) in [6, 6.07) is 18.5. The first-order valence-electron chi connectivity index (χ1n) is 6.55. The van der Waals surface area contributed by atoms with Crippen molar-refractivity contribution in [2.75, 3.05) is 6.61 Å². The van der Waals surface area contributed by atoms with Crippen LogP contribution in [0.15, 0.2) is 48.5 Å². The van der Waals surface area contributed by atoms with Crippen molar-refractivity contribution in [3.05, 3.63) is 65.2 Å². The molecule has 0 bridgehead atoms. The molecule has 0 atom stereocenters. The van der Waals surface area contributed by atoms with Crippen LogP contribution in [0.1, 0.15) is 16.7 Å². The van der Waals surface area contributed by atoms with Crippen molar-refractivity contribution in [3.8, 4) is 30.2 Å². The monoisotopic (exact) mass is 284 g/mol. The number of nitriles is 2. The van der Waals surface area contributed by atoms with Gasteiger partial charge in [0, 0.05) is 0 Å². The Morgan fingerprint density at radius 2 is 1.91 bits per heavy atom. The normalized spacial score (nSPS) is 10.1. The summed E-state index contributed by atoms with van der Waals surface area (Å²) in [5.41, 5.74) is 2.68. The lowest BCUT2D eigenvalue weighted by Gasteiger charge is -2.04. The minimum atomic E-state index is 0.202. The number of benzene rings is 2. The molecule has 104 valence electrons. The van der Waals surface area contributed by atoms with Crippen LogP contribution in [0.3, 0.4) is 0 Å². The van der Waals surface area contributed by atoms with Gasteiger partial charge in [-0.3, -0.25) is 0 Å². The van der Waals surface area contributed by atoms with Gasteiger partial charge < -0.3 is 4.74 Å². The topological polar surface area (TPSA) is 56.8 Å². The van der Waals surface area contributed by atoms with Gasteiger partial charge in [0.05, 0.1) is 23.3 Å². The SMILES string of the molecule is C#CCOc1cccc(/C=C(/C#N)c2ccc(C#N)cc2)c1. The number of nitrogens with zero attached hydrogens (tertiary/aromatic N) is 2. The Hall–Kier alpha value is -3.48. The molecule has 22 heavy (non-hydrogen) atoms. The minimum Gasteiger partial charge on any atom is -0.481 e. The van der Waals surface area contributed by atoms with E-state index in [0.717, 1.165) is 11.1 Å². The standard InChI is InChI=1S/C19H12N2O/c1-2-10-22-19-5-3-4-16(12-19)11-18(14-21)17-8-6-15(13-20)7-9-17/h1,3-9,11-12H,10H2/b18-11-. The minimum absolute atomic E-state index is 0.202. The molecule has 0 aliphatic carbocycles. The lowest BCUT2D eigenvalue weighted by molar-refractivity contribution is 0.370. The lowest BCUT2D eigenvalue weighted by Crippen LogP contribution is -1.93. The smallest absolute Gasteiger partial charge is 0.148 e. The Kier molecular flexibility index (Phi) is 4.98. The summed E-state index contributed by atoms with van der Waals surface area (Å²) >= 11 is 0. The quantitative estimate of drug-likeness (QED) is 0.489. The van der Waals surface area contributed by atoms with Crippen molar-refractivity contribution in [2.45, 2.75) is 0 Å². The van der Waals surface area contributed by atoms with Gasteiger partial charge in [-0.25, -0.2) is 0 Å². The highest BCUT2D eigenvalue weighted by molar-refractivity contribution is 5.89. The summed E-state index contributed by atoms with van der Waals surface area (Å²) < 4.78 is 5.36. The molecule has 0 saturated carbocycles. The van der Waals surface area contributed by atoms with Crippen molar-refractivity contribution >= 4 is 11.6 Å². The summed E-state index contributed by atoms with van der Waals surface area (Å²) in [4.78, 5) is 0. The lowest BCUT2D eigenvalue weighted by atomic mass is 10.0. The maximum absolute atomic E-state index is 9.34. The van der Waals surface area contributed by atoms with Crippen LogP contribution in [0.25, 0.3) is 11.6 Å². The third kappa shape index (κ3) is 3.76. The molecule has 0 saturated heterocycles. The molecule has 0 aromatic heterocycles. The van der Waals surface area contributed by atoms with Crippen LogP contribution in [0.5, 0.6) is 5.75 Å². The number of hydrogen-bond acceptors (Lipinski definition) is 3. The first-order valence-corrected chi connectivity index (χ1v) is 6.55. The zero-order valence-electron chi connectivity index (χ0n) is 11.8. The molecule has 0 aliphatic heterocycles. The van der Waals surface area contributed by atoms with E-state index in [2.05, 4.69) is 18.1 Å². The Morgan fingerprint density at radius 3 is 2.55 bits per heavy atom. The Bertz CT molecular complexity index is 812. The fraction of sp³-hybridized carbons (Fsp3) is 0.0526. The molecule has 2 aromatic carbocycles. The molecule has 0 amide bonds. The maximum Gasteiger partial charge on any atom is 0.148 e. The van der Waals surface area contributed by atoms with E-state index in [4.69, 9.17) is 16.4 Å². The largest absolute Gasteiger partial charge is 0.481 e. The average molecular weight is 284 g/mol. The highest BCUT2D eigenvalue weighted by Gasteiger charge is 2.02. The fourth-order valence-corrected chi connectivity index (χ4v) is 1.89. The van der Waals surface area contributed by atoms with Gasteiger partial charge >= 0.3 is 0 Å². The Balaban J connectivity index is 2.31. The zero-order valence-corrected chi connectivity index (χ0v) is 11.8. The predicted molar refractivity (Wildman–Crippen MR) is 85.4 cm³/mol. The summed E-state index contributed by atoms with van der Waals surface area (Å²) in [6.07, 6.45) is 6.93. The van der Waals surface area contributed by atoms with Crippen molar-refractivity contribution in [3.63, 3.8) is 0 Å². The van der Waals surface area contributed by atoms with Gasteiger partial charge in [0.25, 0.3) is 0 Å². The van der Waals surface area contributed by atoms with E-state index >= 15 is 0 Å². The highest BCUT2D eigenvalue weighted by Crippen LogP contribution is 2.21. The second-order valence-corrected chi connectivity index (χ2v) is 4.42. The molecule has 0 spiro atoms. The third-order valence-corrected chi connectivity index (χ3v) is 2.94. The first-order chi connectivity index (χ1) is 10.8. The van der Waals surface area contributed by atoms with E-state index in [9.17, 15) is 5.26 Å². The number of rotatable bonds is 4. The van der Waals surface area contributed by atoms with Gasteiger partial charge in [0.1, 0.15) is 12.4 Å². The molecule has 0 aliphatic rings. The van der Waals surface area contributed by atoms with Crippen LogP contribution in [0.4, 0.5) is 0 Å². The second kappa shape index (κ2) is 7.34. The summed E-state index contributed by atoms with van der Waals surface area (Å²) in [5.74, 6) is 3.06. The van der Waals surface area contributed by atoms with E-state index in [1.54, 1.807) is 30.3 Å². The number of ether oxygens (including phenoxy) is 1. The summed E-state index contributed by atoms with van der Waals surface area (Å²) in [5, 5.41) is 18.1. The molecule has 2 rings (SSSR count). The molecule has 2 aromatic rings. The van der Waals surface area contributed by atoms with E-state index < -0.39 is 0 Å². The average Bonchev–Trinajstić information content (AvgIpc) is 2.58. The first kappa shape index (κ1) is 14.9. The number of allylic oxidation sites excluding steroid dienone is 1. The molecular weight excluding hydrogens is 272 g/mol. The van der Waals surface area contributed by atoms with Crippen LogP contribution in [-0.2, 0) is 0 Å². The Morgan fingerprint density at radius 1 is 1.14 bits per heavy atom. The molecule has 3 heteroatoms. The summed E-state index contributed by atoms with van der Waals surface area (Å²) in [6.45, 7) is 0.202. The van der Waals surface area contributed by atoms with Crippen molar-refractivity contribution in [1.29, 1.82) is 10.5 Å². The van der Waals surface area contributed by atoms with E-state index in [1.807, 2.05) is 24.3 Å². The zero-order chi connectivity index (χ0) is 15.8. The van der Waals surface area contributed by atoms with E-state index in [0.29, 0.717) is 16.9 Å². The van der Waals surface area contributed by atoms with Crippen LogP contribution >= 0.6 is 0 Å². The van der Waals surface area contributed by atoms with Gasteiger partial charge in [-0.15, -0.1) is 6.42 Å². The predicted octanol–water partition coefficient (Wildman–Crippen LogP) is 3.63. The van der Waals surface area contributed by atoms with Crippen LogP contribution < -0.4 is 4.74 Å². The molecule has 0 unspecified atom stereocenters. The molecule has 3 nitrogen and oxygen atoms in total. The maximum atomic E-state index is 9.34. The van der Waals surface area contributed by atoms with Gasteiger partial charge in [0.2, 0.25) is 0 Å². The molecule has 0 fully saturated rings. The molecule has 0 heterocycles. The van der Waals surface area contributed by atoms with Crippen LogP contribution in [0, 0.1) is 35.0 Å². The summed E-state index contributed by atoms with van der Waals surface area (Å²) in [7, 11) is 0. The van der Waals surface area contributed by atoms with Gasteiger partial charge in [-0.05, 0) is 41.5 Å². The number of hydrogen-bond donors (Lipinski definition) is 0. The van der Waals surface area contributed by atoms with Gasteiger partial charge in [0.15, 0.2) is 0 Å². The third-order valence-electron chi connectivity index (χ3n) is 2.94. The van der Waals surface area contributed by atoms with Crippen molar-refractivity contribution in [2.24, 2.45) is 0 Å². The molecular formula is C19H12N2O. The Labute approximate surface area is 129 Å². The van der Waals surface area contributed by atoms with Gasteiger partial charge in [-0.2, -0.15) is 10.5 Å². The van der Waals surface area contributed by atoms with Crippen molar-refractivity contribution in [1.82, 2.24) is 0 Å². The van der Waals surface area contributed by atoms with Crippen LogP contribution in [0.2, 0.25) is 0 Å². The molecule has 0 N–H and O–H groups in total. The number of terminal acetylenes is 1. The fourth-order valence-electron chi connectivity index (χ4n) is 1.89. The van der Waals surface area contributed by atoms with E-state index in [1.165, 1.54) is 0 Å². The molecule has 0 radical (unpaired) electrons. The second-order valence-electron chi connectivity index (χ2n) is 4.42. The van der Waals surface area contributed by atoms with Crippen molar-refractivity contribution < 1.29 is 4.74 Å². The van der Waals surface area contributed by atoms with E-state index in [-0.39, 0.29) is 6.61 Å². The van der Waals surface area contributed by atoms with Gasteiger partial charge in [-0.1, -0.05) is 30.2 Å². The highest BCUT2D eigenvalue weighted by atomic mass is 16.5.